The summed E-state index contributed by atoms with van der Waals surface area (Å²) in [5.74, 6) is -0.395. The zero-order valence-corrected chi connectivity index (χ0v) is 10.5. The van der Waals surface area contributed by atoms with Gasteiger partial charge in [0.25, 0.3) is 5.91 Å². The van der Waals surface area contributed by atoms with Gasteiger partial charge in [0.1, 0.15) is 0 Å². The van der Waals surface area contributed by atoms with Gasteiger partial charge in [-0.25, -0.2) is 4.99 Å². The molecule has 4 rings (SSSR count). The Morgan fingerprint density at radius 3 is 2.70 bits per heavy atom. The molecule has 2 amide bonds. The van der Waals surface area contributed by atoms with Crippen molar-refractivity contribution < 1.29 is 9.59 Å². The molecule has 2 heterocycles. The summed E-state index contributed by atoms with van der Waals surface area (Å²) in [5, 5.41) is 1.17. The minimum Gasteiger partial charge on any atom is -0.280 e. The fraction of sp³-hybridized carbons (Fsp3) is 0.0625. The van der Waals surface area contributed by atoms with E-state index < -0.39 is 5.91 Å². The fourth-order valence-corrected chi connectivity index (χ4v) is 2.70. The van der Waals surface area contributed by atoms with Crippen molar-refractivity contribution in [1.29, 1.82) is 0 Å². The van der Waals surface area contributed by atoms with E-state index in [1.807, 2.05) is 30.3 Å². The number of hydrogen-bond acceptors (Lipinski definition) is 2. The number of rotatable bonds is 1. The summed E-state index contributed by atoms with van der Waals surface area (Å²) < 4.78 is 0. The molecule has 20 heavy (non-hydrogen) atoms. The van der Waals surface area contributed by atoms with Crippen molar-refractivity contribution in [2.75, 3.05) is 4.90 Å². The van der Waals surface area contributed by atoms with Crippen LogP contribution in [0.2, 0.25) is 0 Å². The molecule has 0 N–H and O–H groups in total. The summed E-state index contributed by atoms with van der Waals surface area (Å²) >= 11 is 0. The lowest BCUT2D eigenvalue weighted by Gasteiger charge is -2.17. The Morgan fingerprint density at radius 2 is 1.80 bits per heavy atom. The number of carbonyl (C=O) groups is 2. The van der Waals surface area contributed by atoms with Gasteiger partial charge in [0.15, 0.2) is 0 Å². The van der Waals surface area contributed by atoms with Crippen molar-refractivity contribution in [3.8, 4) is 0 Å². The zero-order chi connectivity index (χ0) is 13.7. The highest BCUT2D eigenvalue weighted by atomic mass is 16.2. The Labute approximate surface area is 114 Å². The van der Waals surface area contributed by atoms with Crippen LogP contribution in [0.4, 0.5) is 11.4 Å². The molecule has 1 radical (unpaired) electrons. The average Bonchev–Trinajstić information content (AvgIpc) is 2.96. The van der Waals surface area contributed by atoms with Gasteiger partial charge in [-0.15, -0.1) is 0 Å². The first kappa shape index (κ1) is 11.1. The Balaban J connectivity index is 2.00. The number of para-hydroxylation sites is 1. The minimum atomic E-state index is -0.396. The van der Waals surface area contributed by atoms with E-state index in [1.54, 1.807) is 17.0 Å². The summed E-state index contributed by atoms with van der Waals surface area (Å²) in [6.45, 7) is 0. The van der Waals surface area contributed by atoms with E-state index in [1.165, 1.54) is 0 Å². The van der Waals surface area contributed by atoms with Crippen molar-refractivity contribution >= 4 is 29.3 Å². The highest BCUT2D eigenvalue weighted by Crippen LogP contribution is 2.33. The van der Waals surface area contributed by atoms with Crippen LogP contribution < -0.4 is 15.5 Å². The van der Waals surface area contributed by atoms with E-state index in [-0.39, 0.29) is 5.91 Å². The second-order valence-electron chi connectivity index (χ2n) is 4.75. The molecule has 0 bridgehead atoms. The Bertz CT molecular complexity index is 884. The van der Waals surface area contributed by atoms with E-state index >= 15 is 0 Å². The molecule has 2 aromatic rings. The second kappa shape index (κ2) is 3.87. The standard InChI is InChI=1S/C16H9N2O2/c19-15-9-11-12(17-15)5-3-7-14(11)18-13-6-2-1-4-10(13)8-16(18)20/h1-7H,8H2. The van der Waals surface area contributed by atoms with Crippen LogP contribution in [0.15, 0.2) is 47.5 Å². The van der Waals surface area contributed by atoms with Crippen LogP contribution in [0.25, 0.3) is 6.08 Å². The monoisotopic (exact) mass is 261 g/mol. The molecule has 4 heteroatoms. The van der Waals surface area contributed by atoms with Gasteiger partial charge in [-0.3, -0.25) is 14.5 Å². The summed E-state index contributed by atoms with van der Waals surface area (Å²) in [4.78, 5) is 29.2. The van der Waals surface area contributed by atoms with Crippen LogP contribution in [0.3, 0.4) is 0 Å². The molecule has 0 saturated carbocycles. The van der Waals surface area contributed by atoms with Crippen LogP contribution in [0.5, 0.6) is 0 Å². The molecule has 2 aliphatic rings. The number of anilines is 2. The maximum Gasteiger partial charge on any atom is 0.279 e. The maximum absolute atomic E-state index is 12.3. The predicted molar refractivity (Wildman–Crippen MR) is 72.9 cm³/mol. The molecular formula is C16H9N2O2. The third-order valence-corrected chi connectivity index (χ3v) is 3.54. The lowest BCUT2D eigenvalue weighted by molar-refractivity contribution is -0.116. The van der Waals surface area contributed by atoms with Crippen LogP contribution in [-0.2, 0) is 16.0 Å². The first-order valence-corrected chi connectivity index (χ1v) is 6.30. The van der Waals surface area contributed by atoms with Crippen molar-refractivity contribution in [1.82, 2.24) is 0 Å². The number of amides is 2. The Morgan fingerprint density at radius 1 is 1.00 bits per heavy atom. The van der Waals surface area contributed by atoms with Gasteiger partial charge in [0.05, 0.1) is 29.2 Å². The second-order valence-corrected chi connectivity index (χ2v) is 4.75. The van der Waals surface area contributed by atoms with Gasteiger partial charge >= 0.3 is 0 Å². The molecular weight excluding hydrogens is 252 g/mol. The number of carbonyl (C=O) groups excluding carboxylic acids is 2. The van der Waals surface area contributed by atoms with Crippen molar-refractivity contribution in [3.63, 3.8) is 0 Å². The van der Waals surface area contributed by atoms with Gasteiger partial charge in [-0.2, -0.15) is 0 Å². The SMILES string of the molecule is O=C1[C]=c2c(N3C(=O)Cc4ccccc43)cccc2=N1. The van der Waals surface area contributed by atoms with E-state index in [0.717, 1.165) is 11.3 Å². The first-order chi connectivity index (χ1) is 9.74. The van der Waals surface area contributed by atoms with Gasteiger partial charge in [0.2, 0.25) is 5.91 Å². The lowest BCUT2D eigenvalue weighted by atomic mass is 10.1. The highest BCUT2D eigenvalue weighted by Gasteiger charge is 2.29. The zero-order valence-electron chi connectivity index (χ0n) is 10.5. The molecule has 2 aromatic carbocycles. The summed E-state index contributed by atoms with van der Waals surface area (Å²) in [5.41, 5.74) is 2.54. The first-order valence-electron chi connectivity index (χ1n) is 6.30. The molecule has 0 fully saturated rings. The summed E-state index contributed by atoms with van der Waals surface area (Å²) in [6, 6.07) is 13.0. The van der Waals surface area contributed by atoms with Crippen LogP contribution >= 0.6 is 0 Å². The smallest absolute Gasteiger partial charge is 0.279 e. The van der Waals surface area contributed by atoms with Crippen molar-refractivity contribution in [3.05, 3.63) is 58.6 Å². The molecule has 0 unspecified atom stereocenters. The van der Waals surface area contributed by atoms with E-state index in [0.29, 0.717) is 22.7 Å². The number of benzene rings is 2. The van der Waals surface area contributed by atoms with E-state index in [4.69, 9.17) is 0 Å². The largest absolute Gasteiger partial charge is 0.280 e. The van der Waals surface area contributed by atoms with Crippen LogP contribution in [0, 0.1) is 0 Å². The molecule has 4 nitrogen and oxygen atoms in total. The van der Waals surface area contributed by atoms with Crippen molar-refractivity contribution in [2.24, 2.45) is 4.99 Å². The third kappa shape index (κ3) is 1.45. The number of nitrogens with zero attached hydrogens (tertiary/aromatic N) is 2. The third-order valence-electron chi connectivity index (χ3n) is 3.54. The van der Waals surface area contributed by atoms with Gasteiger partial charge in [-0.1, -0.05) is 24.3 Å². The van der Waals surface area contributed by atoms with Gasteiger partial charge < -0.3 is 0 Å². The van der Waals surface area contributed by atoms with E-state index in [9.17, 15) is 9.59 Å². The topological polar surface area (TPSA) is 49.7 Å². The summed E-state index contributed by atoms with van der Waals surface area (Å²) in [7, 11) is 0. The minimum absolute atomic E-state index is 0.000693. The van der Waals surface area contributed by atoms with Gasteiger partial charge in [0, 0.05) is 5.22 Å². The van der Waals surface area contributed by atoms with Crippen LogP contribution in [-0.4, -0.2) is 11.8 Å². The van der Waals surface area contributed by atoms with Crippen LogP contribution in [0.1, 0.15) is 5.56 Å². The Hall–Kier alpha value is -2.75. The Kier molecular flexibility index (Phi) is 2.15. The van der Waals surface area contributed by atoms with Crippen molar-refractivity contribution in [2.45, 2.75) is 6.42 Å². The molecule has 0 spiro atoms. The molecule has 2 aliphatic heterocycles. The molecule has 95 valence electrons. The predicted octanol–water partition coefficient (Wildman–Crippen LogP) is 0.725. The quantitative estimate of drug-likeness (QED) is 0.759. The lowest BCUT2D eigenvalue weighted by Crippen LogP contribution is -2.32. The number of fused-ring (bicyclic) bond motifs is 2. The average molecular weight is 261 g/mol. The highest BCUT2D eigenvalue weighted by molar-refractivity contribution is 6.10. The maximum atomic E-state index is 12.3. The van der Waals surface area contributed by atoms with Gasteiger partial charge in [-0.05, 0) is 23.8 Å². The number of hydrogen-bond donors (Lipinski definition) is 0. The normalized spacial score (nSPS) is 15.7. The molecule has 0 atom stereocenters. The molecule has 0 aliphatic carbocycles. The summed E-state index contributed by atoms with van der Waals surface area (Å²) in [6.07, 6.45) is 3.07. The molecule has 0 aromatic heterocycles. The fourth-order valence-electron chi connectivity index (χ4n) is 2.70. The molecule has 0 saturated heterocycles. The van der Waals surface area contributed by atoms with E-state index in [2.05, 4.69) is 11.1 Å².